The molecule has 118 valence electrons. The lowest BCUT2D eigenvalue weighted by Crippen LogP contribution is -2.21. The van der Waals surface area contributed by atoms with Crippen molar-refractivity contribution in [2.45, 2.75) is 46.0 Å². The molecule has 0 aromatic carbocycles. The van der Waals surface area contributed by atoms with E-state index >= 15 is 0 Å². The Kier molecular flexibility index (Phi) is 5.76. The highest BCUT2D eigenvalue weighted by atomic mass is 19.1. The molecule has 0 atom stereocenters. The largest absolute Gasteiger partial charge is 0.368 e. The average Bonchev–Trinajstić information content (AvgIpc) is 2.47. The maximum atomic E-state index is 13.8. The van der Waals surface area contributed by atoms with Crippen LogP contribution in [0.1, 0.15) is 46.0 Å². The van der Waals surface area contributed by atoms with Crippen LogP contribution in [0, 0.1) is 23.5 Å². The molecule has 1 aromatic rings. The lowest BCUT2D eigenvalue weighted by atomic mass is 9.83. The van der Waals surface area contributed by atoms with Crippen molar-refractivity contribution in [3.05, 3.63) is 17.7 Å². The lowest BCUT2D eigenvalue weighted by molar-refractivity contribution is 0.300. The second kappa shape index (κ2) is 7.57. The Labute approximate surface area is 125 Å². The van der Waals surface area contributed by atoms with E-state index in [2.05, 4.69) is 22.5 Å². The van der Waals surface area contributed by atoms with Crippen molar-refractivity contribution >= 4 is 11.6 Å². The van der Waals surface area contributed by atoms with Crippen LogP contribution in [0.3, 0.4) is 0 Å². The number of aromatic nitrogens is 1. The Hall–Kier alpha value is -1.39. The summed E-state index contributed by atoms with van der Waals surface area (Å²) in [6.07, 6.45) is 5.65. The fraction of sp³-hybridized carbons (Fsp3) is 0.688. The molecule has 0 aliphatic heterocycles. The second-order valence-electron chi connectivity index (χ2n) is 6.08. The number of hydrogen-bond donors (Lipinski definition) is 2. The first-order valence-electron chi connectivity index (χ1n) is 7.94. The zero-order valence-corrected chi connectivity index (χ0v) is 12.9. The molecule has 2 rings (SSSR count). The van der Waals surface area contributed by atoms with Gasteiger partial charge in [-0.15, -0.1) is 0 Å². The van der Waals surface area contributed by atoms with E-state index in [9.17, 15) is 8.78 Å². The van der Waals surface area contributed by atoms with Crippen molar-refractivity contribution in [1.82, 2.24) is 4.98 Å². The monoisotopic (exact) mass is 297 g/mol. The number of nitrogens with one attached hydrogen (secondary N) is 2. The van der Waals surface area contributed by atoms with Gasteiger partial charge in [0.25, 0.3) is 0 Å². The molecule has 1 heterocycles. The van der Waals surface area contributed by atoms with E-state index < -0.39 is 11.6 Å². The molecule has 0 amide bonds. The summed E-state index contributed by atoms with van der Waals surface area (Å²) >= 11 is 0. The summed E-state index contributed by atoms with van der Waals surface area (Å²) < 4.78 is 27.4. The Bertz CT molecular complexity index is 457. The number of nitrogens with zero attached hydrogens (tertiary/aromatic N) is 1. The molecule has 1 fully saturated rings. The van der Waals surface area contributed by atoms with Gasteiger partial charge in [-0.25, -0.2) is 13.8 Å². The maximum Gasteiger partial charge on any atom is 0.168 e. The van der Waals surface area contributed by atoms with Crippen LogP contribution >= 0.6 is 0 Å². The molecule has 3 nitrogen and oxygen atoms in total. The standard InChI is InChI=1S/C16H25F2N3/c1-3-8-19-15-13(17)9-14(18)16(21-15)20-10-12-6-4-11(2)5-7-12/h9,11-12H,3-8,10H2,1-2H3,(H2,19,20,21). The average molecular weight is 297 g/mol. The summed E-state index contributed by atoms with van der Waals surface area (Å²) in [5, 5.41) is 5.93. The van der Waals surface area contributed by atoms with E-state index in [0.29, 0.717) is 19.0 Å². The first-order valence-corrected chi connectivity index (χ1v) is 7.94. The maximum absolute atomic E-state index is 13.8. The van der Waals surface area contributed by atoms with Crippen LogP contribution < -0.4 is 10.6 Å². The van der Waals surface area contributed by atoms with Crippen LogP contribution in [0.2, 0.25) is 0 Å². The molecule has 0 unspecified atom stereocenters. The number of anilines is 2. The van der Waals surface area contributed by atoms with Gasteiger partial charge in [0.15, 0.2) is 23.3 Å². The van der Waals surface area contributed by atoms with Crippen LogP contribution in [-0.2, 0) is 0 Å². The highest BCUT2D eigenvalue weighted by molar-refractivity contribution is 5.47. The predicted octanol–water partition coefficient (Wildman–Crippen LogP) is 4.42. The van der Waals surface area contributed by atoms with Crippen molar-refractivity contribution in [3.8, 4) is 0 Å². The van der Waals surface area contributed by atoms with Gasteiger partial charge in [0.1, 0.15) is 0 Å². The van der Waals surface area contributed by atoms with Crippen LogP contribution in [0.25, 0.3) is 0 Å². The summed E-state index contributed by atoms with van der Waals surface area (Å²) in [5.74, 6) is 0.356. The molecule has 1 saturated carbocycles. The van der Waals surface area contributed by atoms with Gasteiger partial charge in [-0.3, -0.25) is 0 Å². The molecule has 2 N–H and O–H groups in total. The minimum absolute atomic E-state index is 0.123. The van der Waals surface area contributed by atoms with Crippen LogP contribution in [0.5, 0.6) is 0 Å². The van der Waals surface area contributed by atoms with Crippen molar-refractivity contribution in [1.29, 1.82) is 0 Å². The van der Waals surface area contributed by atoms with Crippen molar-refractivity contribution in [3.63, 3.8) is 0 Å². The lowest BCUT2D eigenvalue weighted by Gasteiger charge is -2.26. The third kappa shape index (κ3) is 4.55. The van der Waals surface area contributed by atoms with E-state index in [4.69, 9.17) is 0 Å². The van der Waals surface area contributed by atoms with Gasteiger partial charge >= 0.3 is 0 Å². The van der Waals surface area contributed by atoms with Crippen LogP contribution in [0.15, 0.2) is 6.07 Å². The SMILES string of the molecule is CCCNc1nc(NCC2CCC(C)CC2)c(F)cc1F. The zero-order chi connectivity index (χ0) is 15.2. The minimum Gasteiger partial charge on any atom is -0.368 e. The van der Waals surface area contributed by atoms with Crippen LogP contribution in [-0.4, -0.2) is 18.1 Å². The van der Waals surface area contributed by atoms with E-state index in [0.717, 1.165) is 31.2 Å². The molecule has 0 spiro atoms. The fourth-order valence-corrected chi connectivity index (χ4v) is 2.73. The smallest absolute Gasteiger partial charge is 0.168 e. The first-order chi connectivity index (χ1) is 10.1. The Morgan fingerprint density at radius 1 is 1.10 bits per heavy atom. The van der Waals surface area contributed by atoms with E-state index in [-0.39, 0.29) is 11.6 Å². The third-order valence-electron chi connectivity index (χ3n) is 4.17. The van der Waals surface area contributed by atoms with Gasteiger partial charge in [-0.05, 0) is 31.1 Å². The van der Waals surface area contributed by atoms with Gasteiger partial charge < -0.3 is 10.6 Å². The highest BCUT2D eigenvalue weighted by Crippen LogP contribution is 2.28. The quantitative estimate of drug-likeness (QED) is 0.816. The fourth-order valence-electron chi connectivity index (χ4n) is 2.73. The number of hydrogen-bond acceptors (Lipinski definition) is 3. The summed E-state index contributed by atoms with van der Waals surface area (Å²) in [6, 6.07) is 0.899. The summed E-state index contributed by atoms with van der Waals surface area (Å²) in [5.41, 5.74) is 0. The van der Waals surface area contributed by atoms with Crippen LogP contribution in [0.4, 0.5) is 20.4 Å². The van der Waals surface area contributed by atoms with Gasteiger partial charge in [-0.2, -0.15) is 0 Å². The highest BCUT2D eigenvalue weighted by Gasteiger charge is 2.19. The molecule has 1 aromatic heterocycles. The molecule has 1 aliphatic rings. The van der Waals surface area contributed by atoms with Gasteiger partial charge in [0, 0.05) is 19.2 Å². The molecule has 1 aliphatic carbocycles. The normalized spacial score (nSPS) is 22.1. The van der Waals surface area contributed by atoms with Crippen molar-refractivity contribution in [2.75, 3.05) is 23.7 Å². The summed E-state index contributed by atoms with van der Waals surface area (Å²) in [7, 11) is 0. The van der Waals surface area contributed by atoms with Gasteiger partial charge in [0.2, 0.25) is 0 Å². The van der Waals surface area contributed by atoms with E-state index in [1.807, 2.05) is 6.92 Å². The molecule has 0 saturated heterocycles. The third-order valence-corrected chi connectivity index (χ3v) is 4.17. The Morgan fingerprint density at radius 2 is 1.71 bits per heavy atom. The minimum atomic E-state index is -0.641. The molecular formula is C16H25F2N3. The number of rotatable bonds is 6. The molecular weight excluding hydrogens is 272 g/mol. The number of pyridine rings is 1. The van der Waals surface area contributed by atoms with E-state index in [1.54, 1.807) is 0 Å². The second-order valence-corrected chi connectivity index (χ2v) is 6.08. The molecule has 0 radical (unpaired) electrons. The molecule has 0 bridgehead atoms. The summed E-state index contributed by atoms with van der Waals surface area (Å²) in [4.78, 5) is 4.04. The summed E-state index contributed by atoms with van der Waals surface area (Å²) in [6.45, 7) is 5.58. The molecule has 21 heavy (non-hydrogen) atoms. The topological polar surface area (TPSA) is 37.0 Å². The van der Waals surface area contributed by atoms with Gasteiger partial charge in [0.05, 0.1) is 0 Å². The predicted molar refractivity (Wildman–Crippen MR) is 82.5 cm³/mol. The zero-order valence-electron chi connectivity index (χ0n) is 12.9. The van der Waals surface area contributed by atoms with Crippen molar-refractivity contribution < 1.29 is 8.78 Å². The molecule has 5 heteroatoms. The number of halogens is 2. The van der Waals surface area contributed by atoms with Crippen molar-refractivity contribution in [2.24, 2.45) is 11.8 Å². The Balaban J connectivity index is 1.95. The first kappa shape index (κ1) is 16.0. The van der Waals surface area contributed by atoms with E-state index in [1.165, 1.54) is 12.8 Å². The van der Waals surface area contributed by atoms with Gasteiger partial charge in [-0.1, -0.05) is 26.7 Å². The Morgan fingerprint density at radius 3 is 2.33 bits per heavy atom.